The van der Waals surface area contributed by atoms with Gasteiger partial charge < -0.3 is 10.1 Å². The first-order valence-electron chi connectivity index (χ1n) is 3.60. The lowest BCUT2D eigenvalue weighted by Crippen LogP contribution is -2.34. The number of hydrogen-bond acceptors (Lipinski definition) is 3. The number of nitrogens with one attached hydrogen (secondary N) is 1. The van der Waals surface area contributed by atoms with E-state index in [1.54, 1.807) is 14.0 Å². The van der Waals surface area contributed by atoms with Gasteiger partial charge in [0.1, 0.15) is 6.04 Å². The van der Waals surface area contributed by atoms with E-state index in [9.17, 15) is 4.79 Å². The number of hydrogen-bond donors (Lipinski definition) is 1. The van der Waals surface area contributed by atoms with Crippen LogP contribution in [0.3, 0.4) is 0 Å². The zero-order chi connectivity index (χ0) is 7.98. The Hall–Kier alpha value is -0.280. The lowest BCUT2D eigenvalue weighted by molar-refractivity contribution is -0.145. The third-order valence-electron chi connectivity index (χ3n) is 1.33. The topological polar surface area (TPSA) is 38.3 Å². The first-order chi connectivity index (χ1) is 4.76. The SMILES string of the molecule is CCOC(=O)[C@@H](CC)NC.Cl. The van der Waals surface area contributed by atoms with Crippen LogP contribution in [0.1, 0.15) is 20.3 Å². The molecule has 0 amide bonds. The summed E-state index contributed by atoms with van der Waals surface area (Å²) in [6.07, 6.45) is 0.773. The van der Waals surface area contributed by atoms with E-state index < -0.39 is 0 Å². The molecule has 0 aliphatic carbocycles. The first kappa shape index (κ1) is 13.3. The quantitative estimate of drug-likeness (QED) is 0.657. The molecule has 0 spiro atoms. The Morgan fingerprint density at radius 1 is 1.55 bits per heavy atom. The van der Waals surface area contributed by atoms with E-state index in [1.165, 1.54) is 0 Å². The molecule has 0 aromatic rings. The summed E-state index contributed by atoms with van der Waals surface area (Å²) >= 11 is 0. The summed E-state index contributed by atoms with van der Waals surface area (Å²) in [5.41, 5.74) is 0. The molecule has 0 fully saturated rings. The fraction of sp³-hybridized carbons (Fsp3) is 0.857. The predicted octanol–water partition coefficient (Wildman–Crippen LogP) is 0.969. The normalized spacial score (nSPS) is 11.5. The van der Waals surface area contributed by atoms with Crippen LogP contribution in [-0.2, 0) is 9.53 Å². The van der Waals surface area contributed by atoms with Crippen LogP contribution in [0.15, 0.2) is 0 Å². The van der Waals surface area contributed by atoms with E-state index in [1.807, 2.05) is 6.92 Å². The maximum Gasteiger partial charge on any atom is 0.323 e. The number of likely N-dealkylation sites (N-methyl/N-ethyl adjacent to an activating group) is 1. The molecule has 0 rings (SSSR count). The van der Waals surface area contributed by atoms with Crippen molar-refractivity contribution in [3.8, 4) is 0 Å². The van der Waals surface area contributed by atoms with Gasteiger partial charge in [-0.05, 0) is 20.4 Å². The summed E-state index contributed by atoms with van der Waals surface area (Å²) < 4.78 is 4.78. The fourth-order valence-electron chi connectivity index (χ4n) is 0.731. The molecule has 0 unspecified atom stereocenters. The fourth-order valence-corrected chi connectivity index (χ4v) is 0.731. The lowest BCUT2D eigenvalue weighted by Gasteiger charge is -2.11. The molecule has 0 aromatic carbocycles. The van der Waals surface area contributed by atoms with E-state index >= 15 is 0 Å². The second-order valence-corrected chi connectivity index (χ2v) is 2.00. The van der Waals surface area contributed by atoms with Crippen molar-refractivity contribution in [2.45, 2.75) is 26.3 Å². The molecule has 3 nitrogen and oxygen atoms in total. The number of esters is 1. The zero-order valence-electron chi connectivity index (χ0n) is 7.22. The second-order valence-electron chi connectivity index (χ2n) is 2.00. The third-order valence-corrected chi connectivity index (χ3v) is 1.33. The molecule has 0 bridgehead atoms. The van der Waals surface area contributed by atoms with Crippen LogP contribution in [-0.4, -0.2) is 25.7 Å². The zero-order valence-corrected chi connectivity index (χ0v) is 8.03. The minimum atomic E-state index is -0.160. The van der Waals surface area contributed by atoms with Crippen LogP contribution in [0, 0.1) is 0 Å². The van der Waals surface area contributed by atoms with Crippen LogP contribution >= 0.6 is 12.4 Å². The van der Waals surface area contributed by atoms with Crippen molar-refractivity contribution in [2.75, 3.05) is 13.7 Å². The molecular formula is C7H16ClNO2. The third kappa shape index (κ3) is 5.04. The van der Waals surface area contributed by atoms with E-state index in [4.69, 9.17) is 4.74 Å². The van der Waals surface area contributed by atoms with Gasteiger partial charge in [0.15, 0.2) is 0 Å². The minimum Gasteiger partial charge on any atom is -0.465 e. The van der Waals surface area contributed by atoms with Gasteiger partial charge in [0, 0.05) is 0 Å². The molecule has 1 N–H and O–H groups in total. The van der Waals surface area contributed by atoms with Gasteiger partial charge in [-0.1, -0.05) is 6.92 Å². The number of ether oxygens (including phenoxy) is 1. The molecule has 1 atom stereocenters. The van der Waals surface area contributed by atoms with Gasteiger partial charge in [-0.3, -0.25) is 4.79 Å². The van der Waals surface area contributed by atoms with Crippen LogP contribution in [0.25, 0.3) is 0 Å². The van der Waals surface area contributed by atoms with Crippen LogP contribution in [0.5, 0.6) is 0 Å². The second kappa shape index (κ2) is 7.82. The number of carbonyl (C=O) groups is 1. The van der Waals surface area contributed by atoms with Crippen molar-refractivity contribution in [1.29, 1.82) is 0 Å². The Morgan fingerprint density at radius 2 is 2.09 bits per heavy atom. The van der Waals surface area contributed by atoms with Gasteiger partial charge in [-0.15, -0.1) is 12.4 Å². The first-order valence-corrected chi connectivity index (χ1v) is 3.60. The molecule has 0 radical (unpaired) electrons. The number of halogens is 1. The van der Waals surface area contributed by atoms with Gasteiger partial charge in [0.05, 0.1) is 6.61 Å². The molecular weight excluding hydrogens is 166 g/mol. The standard InChI is InChI=1S/C7H15NO2.ClH/c1-4-6(8-3)7(9)10-5-2;/h6,8H,4-5H2,1-3H3;1H/t6-;/m1./s1. The van der Waals surface area contributed by atoms with Gasteiger partial charge in [-0.2, -0.15) is 0 Å². The molecule has 0 heterocycles. The lowest BCUT2D eigenvalue weighted by atomic mass is 10.2. The van der Waals surface area contributed by atoms with Crippen LogP contribution in [0.2, 0.25) is 0 Å². The Bertz CT molecular complexity index is 105. The highest BCUT2D eigenvalue weighted by molar-refractivity contribution is 5.85. The van der Waals surface area contributed by atoms with E-state index in [2.05, 4.69) is 5.32 Å². The van der Waals surface area contributed by atoms with Crippen molar-refractivity contribution < 1.29 is 9.53 Å². The minimum absolute atomic E-state index is 0. The molecule has 4 heteroatoms. The number of rotatable bonds is 4. The largest absolute Gasteiger partial charge is 0.465 e. The number of carbonyl (C=O) groups excluding carboxylic acids is 1. The van der Waals surface area contributed by atoms with Crippen molar-refractivity contribution in [3.05, 3.63) is 0 Å². The van der Waals surface area contributed by atoms with Crippen LogP contribution in [0.4, 0.5) is 0 Å². The predicted molar refractivity (Wildman–Crippen MR) is 47.0 cm³/mol. The summed E-state index contributed by atoms with van der Waals surface area (Å²) in [5, 5.41) is 2.86. The maximum absolute atomic E-state index is 10.9. The van der Waals surface area contributed by atoms with Crippen molar-refractivity contribution in [1.82, 2.24) is 5.32 Å². The highest BCUT2D eigenvalue weighted by Crippen LogP contribution is 1.92. The smallest absolute Gasteiger partial charge is 0.323 e. The Balaban J connectivity index is 0. The van der Waals surface area contributed by atoms with Crippen molar-refractivity contribution in [2.24, 2.45) is 0 Å². The molecule has 68 valence electrons. The highest BCUT2D eigenvalue weighted by atomic mass is 35.5. The van der Waals surface area contributed by atoms with Crippen molar-refractivity contribution >= 4 is 18.4 Å². The molecule has 0 aliphatic heterocycles. The summed E-state index contributed by atoms with van der Waals surface area (Å²) in [4.78, 5) is 10.9. The maximum atomic E-state index is 10.9. The Labute approximate surface area is 73.9 Å². The van der Waals surface area contributed by atoms with Gasteiger partial charge in [-0.25, -0.2) is 0 Å². The van der Waals surface area contributed by atoms with Gasteiger partial charge in [0.25, 0.3) is 0 Å². The summed E-state index contributed by atoms with van der Waals surface area (Å²) in [6, 6.07) is -0.139. The Morgan fingerprint density at radius 3 is 2.36 bits per heavy atom. The van der Waals surface area contributed by atoms with Crippen LogP contribution < -0.4 is 5.32 Å². The molecule has 11 heavy (non-hydrogen) atoms. The van der Waals surface area contributed by atoms with Gasteiger partial charge >= 0.3 is 5.97 Å². The molecule has 0 saturated carbocycles. The van der Waals surface area contributed by atoms with E-state index in [0.717, 1.165) is 6.42 Å². The highest BCUT2D eigenvalue weighted by Gasteiger charge is 2.13. The monoisotopic (exact) mass is 181 g/mol. The molecule has 0 aliphatic rings. The van der Waals surface area contributed by atoms with E-state index in [-0.39, 0.29) is 24.4 Å². The van der Waals surface area contributed by atoms with Crippen molar-refractivity contribution in [3.63, 3.8) is 0 Å². The molecule has 0 aromatic heterocycles. The summed E-state index contributed by atoms with van der Waals surface area (Å²) in [6.45, 7) is 4.20. The van der Waals surface area contributed by atoms with Gasteiger partial charge in [0.2, 0.25) is 0 Å². The summed E-state index contributed by atoms with van der Waals surface area (Å²) in [7, 11) is 1.76. The summed E-state index contributed by atoms with van der Waals surface area (Å²) in [5.74, 6) is -0.160. The Kier molecular flexibility index (Phi) is 9.47. The molecule has 0 saturated heterocycles. The average Bonchev–Trinajstić information content (AvgIpc) is 1.91. The average molecular weight is 182 g/mol. The van der Waals surface area contributed by atoms with E-state index in [0.29, 0.717) is 6.61 Å².